The van der Waals surface area contributed by atoms with E-state index in [-0.39, 0.29) is 5.88 Å². The van der Waals surface area contributed by atoms with Crippen LogP contribution >= 0.6 is 11.6 Å². The predicted molar refractivity (Wildman–Crippen MR) is 61.2 cm³/mol. The molecule has 14 heavy (non-hydrogen) atoms. The molecule has 0 saturated heterocycles. The standard InChI is InChI=1S/C9H20ClNO2S/c1-5-8(2)7-11(4)14(12,13)9(3)6-10/h8-9H,5-7H2,1-4H3. The fourth-order valence-corrected chi connectivity index (χ4v) is 2.77. The number of halogens is 1. The van der Waals surface area contributed by atoms with Crippen LogP contribution in [0, 0.1) is 5.92 Å². The van der Waals surface area contributed by atoms with E-state index in [4.69, 9.17) is 11.6 Å². The Morgan fingerprint density at radius 1 is 1.36 bits per heavy atom. The summed E-state index contributed by atoms with van der Waals surface area (Å²) < 4.78 is 24.9. The number of hydrogen-bond donors (Lipinski definition) is 0. The summed E-state index contributed by atoms with van der Waals surface area (Å²) >= 11 is 5.55. The van der Waals surface area contributed by atoms with E-state index >= 15 is 0 Å². The average molecular weight is 242 g/mol. The zero-order chi connectivity index (χ0) is 11.4. The lowest BCUT2D eigenvalue weighted by molar-refractivity contribution is 0.390. The largest absolute Gasteiger partial charge is 0.217 e. The van der Waals surface area contributed by atoms with Gasteiger partial charge in [-0.1, -0.05) is 20.3 Å². The van der Waals surface area contributed by atoms with Crippen LogP contribution in [-0.4, -0.2) is 37.4 Å². The van der Waals surface area contributed by atoms with Crippen LogP contribution < -0.4 is 0 Å². The Kier molecular flexibility index (Phi) is 6.02. The lowest BCUT2D eigenvalue weighted by Gasteiger charge is -2.23. The summed E-state index contributed by atoms with van der Waals surface area (Å²) in [6, 6.07) is 0. The Balaban J connectivity index is 4.44. The summed E-state index contributed by atoms with van der Waals surface area (Å²) in [5.74, 6) is 0.532. The molecule has 0 N–H and O–H groups in total. The topological polar surface area (TPSA) is 37.4 Å². The summed E-state index contributed by atoms with van der Waals surface area (Å²) in [5, 5.41) is -0.502. The molecule has 0 bridgehead atoms. The van der Waals surface area contributed by atoms with E-state index in [0.29, 0.717) is 12.5 Å². The Morgan fingerprint density at radius 2 is 1.86 bits per heavy atom. The second-order valence-electron chi connectivity index (χ2n) is 3.80. The fraction of sp³-hybridized carbons (Fsp3) is 1.00. The van der Waals surface area contributed by atoms with Gasteiger partial charge < -0.3 is 0 Å². The van der Waals surface area contributed by atoms with Gasteiger partial charge in [-0.2, -0.15) is 0 Å². The van der Waals surface area contributed by atoms with Gasteiger partial charge in [-0.25, -0.2) is 12.7 Å². The Labute approximate surface area is 92.5 Å². The van der Waals surface area contributed by atoms with Crippen LogP contribution in [0.5, 0.6) is 0 Å². The third-order valence-electron chi connectivity index (χ3n) is 2.43. The third kappa shape index (κ3) is 3.75. The lowest BCUT2D eigenvalue weighted by atomic mass is 10.1. The second kappa shape index (κ2) is 5.93. The van der Waals surface area contributed by atoms with Crippen molar-refractivity contribution in [2.45, 2.75) is 32.4 Å². The van der Waals surface area contributed by atoms with Gasteiger partial charge in [0.05, 0.1) is 5.25 Å². The van der Waals surface area contributed by atoms with Crippen molar-refractivity contribution in [3.05, 3.63) is 0 Å². The zero-order valence-corrected chi connectivity index (χ0v) is 10.9. The quantitative estimate of drug-likeness (QED) is 0.667. The molecule has 0 saturated carbocycles. The number of alkyl halides is 1. The first kappa shape index (κ1) is 14.2. The zero-order valence-electron chi connectivity index (χ0n) is 9.33. The smallest absolute Gasteiger partial charge is 0.212 e. The SMILES string of the molecule is CCC(C)CN(C)S(=O)(=O)C(C)CCl. The maximum Gasteiger partial charge on any atom is 0.217 e. The maximum atomic E-state index is 11.8. The molecule has 0 aliphatic rings. The van der Waals surface area contributed by atoms with Crippen molar-refractivity contribution in [2.75, 3.05) is 19.5 Å². The van der Waals surface area contributed by atoms with E-state index in [2.05, 4.69) is 6.92 Å². The van der Waals surface area contributed by atoms with Crippen molar-refractivity contribution in [1.82, 2.24) is 4.31 Å². The molecular formula is C9H20ClNO2S. The molecule has 0 heterocycles. The van der Waals surface area contributed by atoms with Gasteiger partial charge in [-0.3, -0.25) is 0 Å². The molecule has 0 aliphatic heterocycles. The molecule has 0 spiro atoms. The van der Waals surface area contributed by atoms with Crippen LogP contribution in [0.2, 0.25) is 0 Å². The van der Waals surface area contributed by atoms with Crippen LogP contribution in [0.15, 0.2) is 0 Å². The van der Waals surface area contributed by atoms with Gasteiger partial charge in [0.15, 0.2) is 0 Å². The molecular weight excluding hydrogens is 222 g/mol. The minimum atomic E-state index is -3.19. The molecule has 0 aromatic rings. The molecule has 2 atom stereocenters. The summed E-state index contributed by atoms with van der Waals surface area (Å²) in [4.78, 5) is 0. The molecule has 0 aromatic heterocycles. The molecule has 5 heteroatoms. The fourth-order valence-electron chi connectivity index (χ4n) is 1.06. The molecule has 0 aliphatic carbocycles. The summed E-state index contributed by atoms with van der Waals surface area (Å²) in [7, 11) is -1.58. The average Bonchev–Trinajstić information content (AvgIpc) is 2.15. The van der Waals surface area contributed by atoms with E-state index < -0.39 is 15.3 Å². The Hall–Kier alpha value is 0.200. The highest BCUT2D eigenvalue weighted by Crippen LogP contribution is 2.12. The number of hydrogen-bond acceptors (Lipinski definition) is 2. The molecule has 2 unspecified atom stereocenters. The van der Waals surface area contributed by atoms with E-state index in [1.54, 1.807) is 14.0 Å². The van der Waals surface area contributed by atoms with Gasteiger partial charge in [0.1, 0.15) is 0 Å². The van der Waals surface area contributed by atoms with Crippen molar-refractivity contribution in [2.24, 2.45) is 5.92 Å². The van der Waals surface area contributed by atoms with Crippen molar-refractivity contribution < 1.29 is 8.42 Å². The highest BCUT2D eigenvalue weighted by atomic mass is 35.5. The van der Waals surface area contributed by atoms with Crippen molar-refractivity contribution in [3.8, 4) is 0 Å². The van der Waals surface area contributed by atoms with Crippen LogP contribution in [0.25, 0.3) is 0 Å². The molecule has 0 aromatic carbocycles. The van der Waals surface area contributed by atoms with Crippen molar-refractivity contribution in [3.63, 3.8) is 0 Å². The van der Waals surface area contributed by atoms with Crippen LogP contribution in [0.1, 0.15) is 27.2 Å². The van der Waals surface area contributed by atoms with Crippen LogP contribution in [-0.2, 0) is 10.0 Å². The molecule has 3 nitrogen and oxygen atoms in total. The summed E-state index contributed by atoms with van der Waals surface area (Å²) in [5.41, 5.74) is 0. The first-order valence-corrected chi connectivity index (χ1v) is 6.91. The van der Waals surface area contributed by atoms with Crippen LogP contribution in [0.4, 0.5) is 0 Å². The van der Waals surface area contributed by atoms with Crippen LogP contribution in [0.3, 0.4) is 0 Å². The summed E-state index contributed by atoms with van der Waals surface area (Å²) in [6.07, 6.45) is 0.981. The van der Waals surface area contributed by atoms with Gasteiger partial charge in [-0.15, -0.1) is 11.6 Å². The van der Waals surface area contributed by atoms with Gasteiger partial charge in [0, 0.05) is 19.5 Å². The van der Waals surface area contributed by atoms with E-state index in [0.717, 1.165) is 6.42 Å². The van der Waals surface area contributed by atoms with Gasteiger partial charge >= 0.3 is 0 Å². The molecule has 0 radical (unpaired) electrons. The third-order valence-corrected chi connectivity index (χ3v) is 5.27. The minimum absolute atomic E-state index is 0.146. The van der Waals surface area contributed by atoms with Crippen molar-refractivity contribution >= 4 is 21.6 Å². The first-order valence-electron chi connectivity index (χ1n) is 4.87. The maximum absolute atomic E-state index is 11.8. The molecule has 0 fully saturated rings. The highest BCUT2D eigenvalue weighted by Gasteiger charge is 2.25. The highest BCUT2D eigenvalue weighted by molar-refractivity contribution is 7.89. The van der Waals surface area contributed by atoms with Gasteiger partial charge in [0.25, 0.3) is 0 Å². The van der Waals surface area contributed by atoms with E-state index in [1.807, 2.05) is 6.92 Å². The molecule has 0 rings (SSSR count). The van der Waals surface area contributed by atoms with E-state index in [1.165, 1.54) is 4.31 Å². The Morgan fingerprint density at radius 3 is 2.21 bits per heavy atom. The summed E-state index contributed by atoms with van der Waals surface area (Å²) in [6.45, 7) is 6.29. The van der Waals surface area contributed by atoms with E-state index in [9.17, 15) is 8.42 Å². The Bertz CT molecular complexity index is 254. The molecule has 86 valence electrons. The van der Waals surface area contributed by atoms with Crippen molar-refractivity contribution in [1.29, 1.82) is 0 Å². The predicted octanol–water partition coefficient (Wildman–Crippen LogP) is 1.92. The number of nitrogens with zero attached hydrogens (tertiary/aromatic N) is 1. The lowest BCUT2D eigenvalue weighted by Crippen LogP contribution is -2.37. The number of rotatable bonds is 6. The monoisotopic (exact) mass is 241 g/mol. The second-order valence-corrected chi connectivity index (χ2v) is 6.57. The first-order chi connectivity index (χ1) is 6.36. The number of sulfonamides is 1. The normalized spacial score (nSPS) is 17.0. The van der Waals surface area contributed by atoms with Gasteiger partial charge in [-0.05, 0) is 12.8 Å². The van der Waals surface area contributed by atoms with Gasteiger partial charge in [0.2, 0.25) is 10.0 Å². The minimum Gasteiger partial charge on any atom is -0.212 e. The molecule has 0 amide bonds.